The number of piperidine rings is 1. The summed E-state index contributed by atoms with van der Waals surface area (Å²) in [6.45, 7) is 2.63. The number of nitrogens with two attached hydrogens (primary N) is 1. The van der Waals surface area contributed by atoms with Crippen molar-refractivity contribution in [3.05, 3.63) is 18.2 Å². The summed E-state index contributed by atoms with van der Waals surface area (Å²) in [5.74, 6) is 0.696. The maximum absolute atomic E-state index is 11.0. The summed E-state index contributed by atoms with van der Waals surface area (Å²) in [7, 11) is 1.72. The van der Waals surface area contributed by atoms with Crippen LogP contribution in [0.25, 0.3) is 0 Å². The van der Waals surface area contributed by atoms with Gasteiger partial charge >= 0.3 is 0 Å². The second-order valence-corrected chi connectivity index (χ2v) is 5.20. The van der Waals surface area contributed by atoms with Crippen molar-refractivity contribution in [3.63, 3.8) is 0 Å². The number of primary amides is 1. The van der Waals surface area contributed by atoms with E-state index in [2.05, 4.69) is 14.9 Å². The highest BCUT2D eigenvalue weighted by Gasteiger charge is 2.35. The normalized spacial score (nSPS) is 24.5. The van der Waals surface area contributed by atoms with Gasteiger partial charge in [0.05, 0.1) is 12.1 Å². The molecule has 0 unspecified atom stereocenters. The second-order valence-electron chi connectivity index (χ2n) is 5.20. The number of imidazole rings is 1. The van der Waals surface area contributed by atoms with Crippen molar-refractivity contribution in [3.8, 4) is 0 Å². The molecule has 2 rings (SSSR count). The van der Waals surface area contributed by atoms with E-state index < -0.39 is 0 Å². The number of methoxy groups -OCH3 is 1. The number of nitrogens with zero attached hydrogens (tertiary/aromatic N) is 2. The molecule has 1 aromatic rings. The van der Waals surface area contributed by atoms with Crippen molar-refractivity contribution in [2.24, 2.45) is 5.73 Å². The molecule has 1 saturated heterocycles. The van der Waals surface area contributed by atoms with E-state index in [0.29, 0.717) is 12.8 Å². The molecule has 1 aliphatic heterocycles. The monoisotopic (exact) mass is 266 g/mol. The first-order valence-corrected chi connectivity index (χ1v) is 6.68. The molecule has 1 aliphatic rings. The molecule has 0 radical (unpaired) electrons. The van der Waals surface area contributed by atoms with Crippen molar-refractivity contribution in [1.82, 2.24) is 14.9 Å². The van der Waals surface area contributed by atoms with Gasteiger partial charge in [0.25, 0.3) is 0 Å². The van der Waals surface area contributed by atoms with Crippen molar-refractivity contribution in [2.75, 3.05) is 20.2 Å². The molecule has 0 spiro atoms. The van der Waals surface area contributed by atoms with Crippen LogP contribution in [0.15, 0.2) is 12.4 Å². The highest BCUT2D eigenvalue weighted by Crippen LogP contribution is 2.29. The third-order valence-electron chi connectivity index (χ3n) is 3.81. The molecule has 3 N–H and O–H groups in total. The lowest BCUT2D eigenvalue weighted by atomic mass is 9.88. The summed E-state index contributed by atoms with van der Waals surface area (Å²) in [4.78, 5) is 20.6. The Morgan fingerprint density at radius 3 is 3.16 bits per heavy atom. The largest absolute Gasteiger partial charge is 0.377 e. The van der Waals surface area contributed by atoms with Gasteiger partial charge in [0, 0.05) is 32.5 Å². The third-order valence-corrected chi connectivity index (χ3v) is 3.81. The number of carbonyl (C=O) groups is 1. The fourth-order valence-electron chi connectivity index (χ4n) is 2.75. The first-order chi connectivity index (χ1) is 9.13. The average molecular weight is 266 g/mol. The van der Waals surface area contributed by atoms with E-state index in [1.807, 2.05) is 6.20 Å². The highest BCUT2D eigenvalue weighted by atomic mass is 16.5. The smallest absolute Gasteiger partial charge is 0.217 e. The number of amides is 1. The summed E-state index contributed by atoms with van der Waals surface area (Å²) < 4.78 is 5.70. The number of H-pyrrole nitrogens is 1. The molecule has 0 aromatic carbocycles. The van der Waals surface area contributed by atoms with Gasteiger partial charge in [-0.2, -0.15) is 0 Å². The lowest BCUT2D eigenvalue weighted by Crippen LogP contribution is -2.49. The Bertz CT molecular complexity index is 407. The lowest BCUT2D eigenvalue weighted by Gasteiger charge is -2.41. The molecule has 1 aromatic heterocycles. The molecule has 1 amide bonds. The van der Waals surface area contributed by atoms with Crippen molar-refractivity contribution in [2.45, 2.75) is 37.8 Å². The number of aromatic nitrogens is 2. The zero-order chi connectivity index (χ0) is 13.7. The molecule has 19 heavy (non-hydrogen) atoms. The average Bonchev–Trinajstić information content (AvgIpc) is 2.90. The summed E-state index contributed by atoms with van der Waals surface area (Å²) in [5, 5.41) is 0. The van der Waals surface area contributed by atoms with Gasteiger partial charge in [-0.3, -0.25) is 9.69 Å². The van der Waals surface area contributed by atoms with Gasteiger partial charge in [-0.15, -0.1) is 0 Å². The Labute approximate surface area is 113 Å². The number of aromatic amines is 1. The second kappa shape index (κ2) is 6.16. The first-order valence-electron chi connectivity index (χ1n) is 6.68. The minimum atomic E-state index is -0.264. The number of carbonyl (C=O) groups excluding carboxylic acids is 1. The molecule has 0 bridgehead atoms. The van der Waals surface area contributed by atoms with Crippen molar-refractivity contribution < 1.29 is 9.53 Å². The molecule has 2 heterocycles. The summed E-state index contributed by atoms with van der Waals surface area (Å²) in [5.41, 5.74) is 4.99. The zero-order valence-electron chi connectivity index (χ0n) is 11.4. The fraction of sp³-hybridized carbons (Fsp3) is 0.692. The summed E-state index contributed by atoms with van der Waals surface area (Å²) in [6.07, 6.45) is 6.69. The molecule has 6 heteroatoms. The zero-order valence-corrected chi connectivity index (χ0v) is 11.4. The van der Waals surface area contributed by atoms with Gasteiger partial charge in [0.2, 0.25) is 5.91 Å². The van der Waals surface area contributed by atoms with Crippen LogP contribution in [-0.4, -0.2) is 46.6 Å². The van der Waals surface area contributed by atoms with Crippen molar-refractivity contribution in [1.29, 1.82) is 0 Å². The minimum absolute atomic E-state index is 0.250. The van der Waals surface area contributed by atoms with Crippen LogP contribution in [0.5, 0.6) is 0 Å². The highest BCUT2D eigenvalue weighted by molar-refractivity contribution is 5.73. The van der Waals surface area contributed by atoms with Crippen LogP contribution in [0, 0.1) is 0 Å². The number of hydrogen-bond acceptors (Lipinski definition) is 4. The number of rotatable bonds is 6. The molecular formula is C13H22N4O2. The van der Waals surface area contributed by atoms with Gasteiger partial charge in [-0.1, -0.05) is 0 Å². The van der Waals surface area contributed by atoms with Crippen LogP contribution in [0.3, 0.4) is 0 Å². The third kappa shape index (κ3) is 3.78. The van der Waals surface area contributed by atoms with E-state index >= 15 is 0 Å². The Hall–Kier alpha value is -1.40. The Morgan fingerprint density at radius 1 is 1.68 bits per heavy atom. The number of nitrogens with one attached hydrogen (secondary N) is 1. The summed E-state index contributed by atoms with van der Waals surface area (Å²) in [6, 6.07) is 0. The van der Waals surface area contributed by atoms with E-state index in [1.165, 1.54) is 0 Å². The van der Waals surface area contributed by atoms with Crippen LogP contribution >= 0.6 is 0 Å². The lowest BCUT2D eigenvalue weighted by molar-refractivity contribution is -0.121. The van der Waals surface area contributed by atoms with Gasteiger partial charge in [0.15, 0.2) is 0 Å². The van der Waals surface area contributed by atoms with Crippen molar-refractivity contribution >= 4 is 5.91 Å². The van der Waals surface area contributed by atoms with E-state index in [9.17, 15) is 4.79 Å². The standard InChI is InChI=1S/C13H22N4O2/c1-19-13(5-3-11(14)18)4-2-8-17(10-13)9-12-15-6-7-16-12/h6-7H,2-5,8-10H2,1H3,(H2,14,18)(H,15,16)/t13-/m0/s1. The number of hydrogen-bond donors (Lipinski definition) is 2. The number of ether oxygens (including phenoxy) is 1. The van der Waals surface area contributed by atoms with Crippen LogP contribution < -0.4 is 5.73 Å². The molecule has 6 nitrogen and oxygen atoms in total. The van der Waals surface area contributed by atoms with Gasteiger partial charge in [-0.25, -0.2) is 4.98 Å². The predicted octanol–water partition coefficient (Wildman–Crippen LogP) is 0.656. The quantitative estimate of drug-likeness (QED) is 0.792. The Morgan fingerprint density at radius 2 is 2.53 bits per heavy atom. The molecule has 1 fully saturated rings. The first kappa shape index (κ1) is 14.0. The van der Waals surface area contributed by atoms with Crippen LogP contribution in [0.4, 0.5) is 0 Å². The van der Waals surface area contributed by atoms with E-state index in [1.54, 1.807) is 13.3 Å². The maximum atomic E-state index is 11.0. The Balaban J connectivity index is 1.95. The molecule has 0 saturated carbocycles. The maximum Gasteiger partial charge on any atom is 0.217 e. The Kier molecular flexibility index (Phi) is 4.55. The van der Waals surface area contributed by atoms with E-state index in [-0.39, 0.29) is 11.5 Å². The van der Waals surface area contributed by atoms with Gasteiger partial charge in [0.1, 0.15) is 5.82 Å². The minimum Gasteiger partial charge on any atom is -0.377 e. The van der Waals surface area contributed by atoms with E-state index in [4.69, 9.17) is 10.5 Å². The molecule has 1 atom stereocenters. The van der Waals surface area contributed by atoms with Crippen LogP contribution in [-0.2, 0) is 16.1 Å². The van der Waals surface area contributed by atoms with Crippen LogP contribution in [0.2, 0.25) is 0 Å². The van der Waals surface area contributed by atoms with Gasteiger partial charge < -0.3 is 15.5 Å². The van der Waals surface area contributed by atoms with E-state index in [0.717, 1.165) is 38.3 Å². The molecule has 0 aliphatic carbocycles. The topological polar surface area (TPSA) is 84.2 Å². The van der Waals surface area contributed by atoms with Gasteiger partial charge in [-0.05, 0) is 25.8 Å². The SMILES string of the molecule is CO[C@]1(CCC(N)=O)CCCN(Cc2ncc[nH]2)C1. The molecule has 106 valence electrons. The fourth-order valence-corrected chi connectivity index (χ4v) is 2.75. The number of likely N-dealkylation sites (tertiary alicyclic amines) is 1. The summed E-state index contributed by atoms with van der Waals surface area (Å²) >= 11 is 0. The van der Waals surface area contributed by atoms with Crippen LogP contribution in [0.1, 0.15) is 31.5 Å². The predicted molar refractivity (Wildman–Crippen MR) is 71.3 cm³/mol. The molecular weight excluding hydrogens is 244 g/mol.